The van der Waals surface area contributed by atoms with E-state index in [1.807, 2.05) is 42.0 Å². The third-order valence-corrected chi connectivity index (χ3v) is 3.76. The molecule has 3 aromatic rings. The summed E-state index contributed by atoms with van der Waals surface area (Å²) < 4.78 is 1.91. The maximum absolute atomic E-state index is 12.4. The van der Waals surface area contributed by atoms with E-state index in [4.69, 9.17) is 0 Å². The number of rotatable bonds is 5. The summed E-state index contributed by atoms with van der Waals surface area (Å²) in [4.78, 5) is 16.4. The third-order valence-electron chi connectivity index (χ3n) is 3.76. The highest BCUT2D eigenvalue weighted by molar-refractivity contribution is 6.08. The molecule has 0 radical (unpaired) electrons. The molecule has 0 unspecified atom stereocenters. The first-order valence-electron chi connectivity index (χ1n) is 7.68. The molecule has 1 N–H and O–H groups in total. The normalized spacial score (nSPS) is 11.0. The van der Waals surface area contributed by atoms with E-state index in [0.29, 0.717) is 12.1 Å². The number of imidazole rings is 1. The number of benzene rings is 2. The van der Waals surface area contributed by atoms with Gasteiger partial charge in [-0.2, -0.15) is 0 Å². The van der Waals surface area contributed by atoms with Crippen LogP contribution >= 0.6 is 0 Å². The maximum atomic E-state index is 12.4. The number of aromatic nitrogens is 2. The van der Waals surface area contributed by atoms with Gasteiger partial charge >= 0.3 is 0 Å². The van der Waals surface area contributed by atoms with Gasteiger partial charge in [0, 0.05) is 18.9 Å². The lowest BCUT2D eigenvalue weighted by atomic mass is 10.0. The van der Waals surface area contributed by atoms with E-state index in [1.165, 1.54) is 11.6 Å². The number of hydrogen-bond acceptors (Lipinski definition) is 3. The average Bonchev–Trinajstić information content (AvgIpc) is 3.09. The first-order valence-corrected chi connectivity index (χ1v) is 7.68. The Bertz CT molecular complexity index is 863. The molecule has 1 heterocycles. The van der Waals surface area contributed by atoms with E-state index in [9.17, 15) is 9.90 Å². The first kappa shape index (κ1) is 15.7. The molecule has 4 heteroatoms. The molecular weight excluding hydrogens is 300 g/mol. The molecular formula is C20H18N2O2. The zero-order valence-corrected chi connectivity index (χ0v) is 13.4. The van der Waals surface area contributed by atoms with Gasteiger partial charge in [-0.25, -0.2) is 4.98 Å². The lowest BCUT2D eigenvalue weighted by Gasteiger charge is -2.06. The molecule has 0 saturated heterocycles. The fourth-order valence-corrected chi connectivity index (χ4v) is 2.41. The maximum Gasteiger partial charge on any atom is 0.189 e. The highest BCUT2D eigenvalue weighted by Gasteiger charge is 2.09. The van der Waals surface area contributed by atoms with Crippen molar-refractivity contribution in [2.24, 2.45) is 0 Å². The second-order valence-corrected chi connectivity index (χ2v) is 5.69. The smallest absolute Gasteiger partial charge is 0.189 e. The number of aryl methyl sites for hydroxylation is 1. The van der Waals surface area contributed by atoms with Gasteiger partial charge < -0.3 is 9.67 Å². The minimum absolute atomic E-state index is 0.0112. The predicted octanol–water partition coefficient (Wildman–Crippen LogP) is 3.84. The van der Waals surface area contributed by atoms with Crippen LogP contribution in [0.5, 0.6) is 5.75 Å². The third kappa shape index (κ3) is 3.79. The molecule has 3 rings (SSSR count). The van der Waals surface area contributed by atoms with E-state index < -0.39 is 0 Å². The number of carbonyl (C=O) groups is 1. The molecule has 2 aromatic carbocycles. The Kier molecular flexibility index (Phi) is 4.57. The highest BCUT2D eigenvalue weighted by atomic mass is 16.3. The Balaban J connectivity index is 1.79. The fraction of sp³-hybridized carbons (Fsp3) is 0.100. The largest absolute Gasteiger partial charge is 0.507 e. The highest BCUT2D eigenvalue weighted by Crippen LogP contribution is 2.20. The standard InChI is InChI=1S/C20H18N2O2/c1-15-2-4-16(5-3-15)6-8-19(23)18-12-17(7-9-20(18)24)13-22-11-10-21-14-22/h2-12,14,24H,13H2,1H3/b8-6+. The van der Waals surface area contributed by atoms with E-state index in [2.05, 4.69) is 4.98 Å². The van der Waals surface area contributed by atoms with Crippen molar-refractivity contribution in [3.05, 3.63) is 89.5 Å². The van der Waals surface area contributed by atoms with Crippen molar-refractivity contribution in [3.63, 3.8) is 0 Å². The van der Waals surface area contributed by atoms with Crippen molar-refractivity contribution >= 4 is 11.9 Å². The van der Waals surface area contributed by atoms with Crippen molar-refractivity contribution in [2.45, 2.75) is 13.5 Å². The van der Waals surface area contributed by atoms with Crippen molar-refractivity contribution in [2.75, 3.05) is 0 Å². The monoisotopic (exact) mass is 318 g/mol. The van der Waals surface area contributed by atoms with Crippen LogP contribution in [-0.2, 0) is 6.54 Å². The van der Waals surface area contributed by atoms with E-state index in [0.717, 1.165) is 11.1 Å². The van der Waals surface area contributed by atoms with Gasteiger partial charge in [-0.15, -0.1) is 0 Å². The summed E-state index contributed by atoms with van der Waals surface area (Å²) in [6, 6.07) is 13.0. The second kappa shape index (κ2) is 6.96. The van der Waals surface area contributed by atoms with Gasteiger partial charge in [0.15, 0.2) is 5.78 Å². The van der Waals surface area contributed by atoms with Gasteiger partial charge in [-0.3, -0.25) is 4.79 Å². The predicted molar refractivity (Wildman–Crippen MR) is 94.0 cm³/mol. The summed E-state index contributed by atoms with van der Waals surface area (Å²) in [5.41, 5.74) is 3.35. The minimum atomic E-state index is -0.222. The van der Waals surface area contributed by atoms with Gasteiger partial charge in [0.2, 0.25) is 0 Å². The summed E-state index contributed by atoms with van der Waals surface area (Å²) in [6.45, 7) is 2.62. The quantitative estimate of drug-likeness (QED) is 0.574. The van der Waals surface area contributed by atoms with Gasteiger partial charge in [0.25, 0.3) is 0 Å². The van der Waals surface area contributed by atoms with Crippen LogP contribution in [0.2, 0.25) is 0 Å². The van der Waals surface area contributed by atoms with E-state index in [-0.39, 0.29) is 11.5 Å². The average molecular weight is 318 g/mol. The Morgan fingerprint density at radius 3 is 2.71 bits per heavy atom. The Morgan fingerprint density at radius 1 is 1.21 bits per heavy atom. The molecule has 0 aliphatic heterocycles. The molecule has 0 saturated carbocycles. The Morgan fingerprint density at radius 2 is 2.00 bits per heavy atom. The molecule has 0 bridgehead atoms. The van der Waals surface area contributed by atoms with Gasteiger partial charge in [0.1, 0.15) is 5.75 Å². The Hall–Kier alpha value is -3.14. The molecule has 1 aromatic heterocycles. The van der Waals surface area contributed by atoms with Crippen molar-refractivity contribution in [3.8, 4) is 5.75 Å². The van der Waals surface area contributed by atoms with Crippen molar-refractivity contribution in [1.82, 2.24) is 9.55 Å². The second-order valence-electron chi connectivity index (χ2n) is 5.69. The zero-order chi connectivity index (χ0) is 16.9. The lowest BCUT2D eigenvalue weighted by molar-refractivity contribution is 0.104. The summed E-state index contributed by atoms with van der Waals surface area (Å²) in [6.07, 6.45) is 8.51. The zero-order valence-electron chi connectivity index (χ0n) is 13.4. The van der Waals surface area contributed by atoms with Crippen LogP contribution < -0.4 is 0 Å². The van der Waals surface area contributed by atoms with Gasteiger partial charge in [-0.1, -0.05) is 42.0 Å². The molecule has 0 aliphatic carbocycles. The van der Waals surface area contributed by atoms with Crippen LogP contribution in [0.1, 0.15) is 27.0 Å². The number of ketones is 1. The number of phenolic OH excluding ortho intramolecular Hbond substituents is 1. The minimum Gasteiger partial charge on any atom is -0.507 e. The number of phenols is 1. The van der Waals surface area contributed by atoms with Crippen LogP contribution in [0.3, 0.4) is 0 Å². The van der Waals surface area contributed by atoms with E-state index >= 15 is 0 Å². The molecule has 0 atom stereocenters. The molecule has 0 aliphatic rings. The van der Waals surface area contributed by atoms with Crippen molar-refractivity contribution < 1.29 is 9.90 Å². The summed E-state index contributed by atoms with van der Waals surface area (Å²) in [7, 11) is 0. The first-order chi connectivity index (χ1) is 11.6. The molecule has 0 amide bonds. The summed E-state index contributed by atoms with van der Waals surface area (Å²) in [5.74, 6) is -0.233. The van der Waals surface area contributed by atoms with Gasteiger partial charge in [0.05, 0.1) is 11.9 Å². The molecule has 4 nitrogen and oxygen atoms in total. The molecule has 0 spiro atoms. The van der Waals surface area contributed by atoms with Crippen LogP contribution in [-0.4, -0.2) is 20.4 Å². The van der Waals surface area contributed by atoms with Crippen LogP contribution in [0.4, 0.5) is 0 Å². The lowest BCUT2D eigenvalue weighted by Crippen LogP contribution is -2.00. The number of allylic oxidation sites excluding steroid dienone is 1. The summed E-state index contributed by atoms with van der Waals surface area (Å²) in [5, 5.41) is 9.99. The summed E-state index contributed by atoms with van der Waals surface area (Å²) >= 11 is 0. The van der Waals surface area contributed by atoms with Crippen LogP contribution in [0.25, 0.3) is 6.08 Å². The Labute approximate surface area is 140 Å². The number of nitrogens with zero attached hydrogens (tertiary/aromatic N) is 2. The van der Waals surface area contributed by atoms with E-state index in [1.54, 1.807) is 36.8 Å². The SMILES string of the molecule is Cc1ccc(/C=C/C(=O)c2cc(Cn3ccnc3)ccc2O)cc1. The molecule has 0 fully saturated rings. The number of hydrogen-bond donors (Lipinski definition) is 1. The number of aromatic hydroxyl groups is 1. The van der Waals surface area contributed by atoms with Gasteiger partial charge in [-0.05, 0) is 36.3 Å². The molecule has 24 heavy (non-hydrogen) atoms. The topological polar surface area (TPSA) is 55.1 Å². The van der Waals surface area contributed by atoms with Crippen LogP contribution in [0.15, 0.2) is 67.3 Å². The van der Waals surface area contributed by atoms with Crippen molar-refractivity contribution in [1.29, 1.82) is 0 Å². The molecule has 120 valence electrons. The van der Waals surface area contributed by atoms with Crippen LogP contribution in [0, 0.1) is 6.92 Å². The number of carbonyl (C=O) groups excluding carboxylic acids is 1. The fourth-order valence-electron chi connectivity index (χ4n) is 2.41.